The summed E-state index contributed by atoms with van der Waals surface area (Å²) in [6.45, 7) is 0. The lowest BCUT2D eigenvalue weighted by atomic mass is 10.1. The molecule has 0 aliphatic heterocycles. The molecule has 134 valence electrons. The Morgan fingerprint density at radius 3 is 1.52 bits per heavy atom. The van der Waals surface area contributed by atoms with Crippen LogP contribution in [0.1, 0.15) is 0 Å². The van der Waals surface area contributed by atoms with Gasteiger partial charge in [0.25, 0.3) is 0 Å². The first-order valence-corrected chi connectivity index (χ1v) is 9.45. The quantitative estimate of drug-likeness (QED) is 0.316. The molecule has 0 amide bonds. The zero-order valence-electron chi connectivity index (χ0n) is 14.7. The van der Waals surface area contributed by atoms with Gasteiger partial charge in [0.05, 0.1) is 0 Å². The van der Waals surface area contributed by atoms with Crippen molar-refractivity contribution in [2.24, 2.45) is 0 Å². The largest absolute Gasteiger partial charge is 0.508 e. The first-order valence-electron chi connectivity index (χ1n) is 8.55. The van der Waals surface area contributed by atoms with E-state index < -0.39 is 0 Å². The van der Waals surface area contributed by atoms with Crippen molar-refractivity contribution in [3.8, 4) is 28.0 Å². The van der Waals surface area contributed by atoms with Gasteiger partial charge in [-0.3, -0.25) is 0 Å². The summed E-state index contributed by atoms with van der Waals surface area (Å²) in [5.74, 6) is 0.231. The van der Waals surface area contributed by atoms with E-state index in [0.717, 1.165) is 20.9 Å². The van der Waals surface area contributed by atoms with Crippen LogP contribution < -0.4 is 0 Å². The van der Waals surface area contributed by atoms with Crippen LogP contribution in [0.5, 0.6) is 5.75 Å². The van der Waals surface area contributed by atoms with E-state index in [0.29, 0.717) is 0 Å². The molecule has 27 heavy (non-hydrogen) atoms. The van der Waals surface area contributed by atoms with Crippen molar-refractivity contribution in [3.05, 3.63) is 103 Å². The smallest absolute Gasteiger partial charge is 0.116 e. The second-order valence-electron chi connectivity index (χ2n) is 5.98. The number of benzene rings is 4. The number of thiol groups is 2. The second-order valence-corrected chi connectivity index (χ2v) is 6.98. The second kappa shape index (κ2) is 9.36. The summed E-state index contributed by atoms with van der Waals surface area (Å²) in [5.41, 5.74) is 4.62. The third kappa shape index (κ3) is 5.43. The van der Waals surface area contributed by atoms with Gasteiger partial charge in [-0.15, -0.1) is 25.3 Å². The number of hydrogen-bond donors (Lipinski definition) is 3. The predicted octanol–water partition coefficient (Wildman–Crippen LogP) is 6.99. The lowest BCUT2D eigenvalue weighted by Gasteiger charge is -2.05. The van der Waals surface area contributed by atoms with Crippen molar-refractivity contribution in [1.82, 2.24) is 0 Å². The topological polar surface area (TPSA) is 20.2 Å². The molecule has 4 aromatic rings. The minimum atomic E-state index is 0.231. The molecule has 0 aliphatic carbocycles. The van der Waals surface area contributed by atoms with E-state index >= 15 is 0 Å². The molecule has 3 heteroatoms. The molecule has 0 saturated heterocycles. The Morgan fingerprint density at radius 2 is 1.04 bits per heavy atom. The average Bonchev–Trinajstić information content (AvgIpc) is 2.71. The minimum absolute atomic E-state index is 0.231. The third-order valence-electron chi connectivity index (χ3n) is 4.04. The van der Waals surface area contributed by atoms with E-state index in [9.17, 15) is 5.11 Å². The monoisotopic (exact) mass is 388 g/mol. The van der Waals surface area contributed by atoms with Gasteiger partial charge in [-0.25, -0.2) is 0 Å². The van der Waals surface area contributed by atoms with Gasteiger partial charge < -0.3 is 5.11 Å². The standard InChI is InChI=1S/C12H10OS2.C12H10/c13-9-3-6-11(12(15)7-9)8-1-4-10(14)5-2-8;1-3-7-11(8-4-1)12-9-5-2-6-10-12/h1-7,13-15H;1-10H. The molecule has 0 atom stereocenters. The molecule has 0 aliphatic rings. The van der Waals surface area contributed by atoms with Gasteiger partial charge in [-0.1, -0.05) is 72.8 Å². The van der Waals surface area contributed by atoms with E-state index in [1.807, 2.05) is 42.5 Å². The molecule has 4 rings (SSSR count). The van der Waals surface area contributed by atoms with Gasteiger partial charge in [-0.2, -0.15) is 0 Å². The SMILES string of the molecule is Oc1ccc(-c2ccc(S)cc2)c(S)c1.c1ccc(-c2ccccc2)cc1. The molecule has 0 spiro atoms. The number of phenolic OH excluding ortho intramolecular Hbond substituents is 1. The maximum atomic E-state index is 9.27. The normalized spacial score (nSPS) is 10.0. The number of hydrogen-bond acceptors (Lipinski definition) is 3. The van der Waals surface area contributed by atoms with Crippen LogP contribution in [0, 0.1) is 0 Å². The van der Waals surface area contributed by atoms with Crippen LogP contribution in [-0.4, -0.2) is 5.11 Å². The molecule has 0 radical (unpaired) electrons. The molecular formula is C24H20OS2. The molecular weight excluding hydrogens is 368 g/mol. The van der Waals surface area contributed by atoms with Crippen molar-refractivity contribution in [2.75, 3.05) is 0 Å². The zero-order chi connectivity index (χ0) is 19.1. The molecule has 1 nitrogen and oxygen atoms in total. The van der Waals surface area contributed by atoms with Crippen LogP contribution >= 0.6 is 25.3 Å². The van der Waals surface area contributed by atoms with Crippen LogP contribution in [-0.2, 0) is 0 Å². The summed E-state index contributed by atoms with van der Waals surface area (Å²) in [6, 6.07) is 33.7. The van der Waals surface area contributed by atoms with Crippen LogP contribution in [0.4, 0.5) is 0 Å². The van der Waals surface area contributed by atoms with Gasteiger partial charge in [0.1, 0.15) is 5.75 Å². The van der Waals surface area contributed by atoms with Gasteiger partial charge in [-0.05, 0) is 52.6 Å². The Hall–Kier alpha value is -2.62. The van der Waals surface area contributed by atoms with Gasteiger partial charge in [0.2, 0.25) is 0 Å². The lowest BCUT2D eigenvalue weighted by molar-refractivity contribution is 0.474. The number of rotatable bonds is 2. The van der Waals surface area contributed by atoms with E-state index in [2.05, 4.69) is 73.8 Å². The predicted molar refractivity (Wildman–Crippen MR) is 120 cm³/mol. The van der Waals surface area contributed by atoms with E-state index in [1.54, 1.807) is 12.1 Å². The highest BCUT2D eigenvalue weighted by molar-refractivity contribution is 7.80. The molecule has 4 aromatic carbocycles. The fraction of sp³-hybridized carbons (Fsp3) is 0. The van der Waals surface area contributed by atoms with Crippen LogP contribution in [0.3, 0.4) is 0 Å². The van der Waals surface area contributed by atoms with E-state index in [4.69, 9.17) is 0 Å². The summed E-state index contributed by atoms with van der Waals surface area (Å²) in [5, 5.41) is 9.27. The summed E-state index contributed by atoms with van der Waals surface area (Å²) >= 11 is 8.55. The van der Waals surface area contributed by atoms with Gasteiger partial charge in [0, 0.05) is 9.79 Å². The molecule has 0 unspecified atom stereocenters. The van der Waals surface area contributed by atoms with Crippen molar-refractivity contribution in [3.63, 3.8) is 0 Å². The Bertz CT molecular complexity index is 944. The maximum absolute atomic E-state index is 9.27. The maximum Gasteiger partial charge on any atom is 0.116 e. The molecule has 0 heterocycles. The summed E-state index contributed by atoms with van der Waals surface area (Å²) in [4.78, 5) is 1.69. The summed E-state index contributed by atoms with van der Waals surface area (Å²) < 4.78 is 0. The van der Waals surface area contributed by atoms with Crippen LogP contribution in [0.15, 0.2) is 113 Å². The molecule has 0 bridgehead atoms. The van der Waals surface area contributed by atoms with Crippen LogP contribution in [0.2, 0.25) is 0 Å². The molecule has 0 fully saturated rings. The Kier molecular flexibility index (Phi) is 6.64. The third-order valence-corrected chi connectivity index (χ3v) is 4.71. The fourth-order valence-electron chi connectivity index (χ4n) is 2.67. The molecule has 0 aromatic heterocycles. The zero-order valence-corrected chi connectivity index (χ0v) is 16.4. The number of phenols is 1. The van der Waals surface area contributed by atoms with E-state index in [1.165, 1.54) is 11.1 Å². The van der Waals surface area contributed by atoms with Crippen molar-refractivity contribution < 1.29 is 5.11 Å². The first-order chi connectivity index (χ1) is 13.1. The van der Waals surface area contributed by atoms with Crippen molar-refractivity contribution >= 4 is 25.3 Å². The van der Waals surface area contributed by atoms with Crippen molar-refractivity contribution in [2.45, 2.75) is 9.79 Å². The first kappa shape index (κ1) is 19.2. The highest BCUT2D eigenvalue weighted by Crippen LogP contribution is 2.29. The van der Waals surface area contributed by atoms with E-state index in [-0.39, 0.29) is 5.75 Å². The van der Waals surface area contributed by atoms with Crippen molar-refractivity contribution in [1.29, 1.82) is 0 Å². The fourth-order valence-corrected chi connectivity index (χ4v) is 3.15. The summed E-state index contributed by atoms with van der Waals surface area (Å²) in [6.07, 6.45) is 0. The van der Waals surface area contributed by atoms with Gasteiger partial charge in [0.15, 0.2) is 0 Å². The molecule has 0 saturated carbocycles. The Labute approximate surface area is 171 Å². The Balaban J connectivity index is 0.000000159. The minimum Gasteiger partial charge on any atom is -0.508 e. The highest BCUT2D eigenvalue weighted by atomic mass is 32.1. The highest BCUT2D eigenvalue weighted by Gasteiger charge is 2.02. The average molecular weight is 389 g/mol. The summed E-state index contributed by atoms with van der Waals surface area (Å²) in [7, 11) is 0. The van der Waals surface area contributed by atoms with Gasteiger partial charge >= 0.3 is 0 Å². The Morgan fingerprint density at radius 1 is 0.519 bits per heavy atom. The number of aromatic hydroxyl groups is 1. The van der Waals surface area contributed by atoms with Crippen LogP contribution in [0.25, 0.3) is 22.3 Å². The lowest BCUT2D eigenvalue weighted by Crippen LogP contribution is -1.80. The molecule has 1 N–H and O–H groups in total.